The number of rotatable bonds is 2. The van der Waals surface area contributed by atoms with E-state index < -0.39 is 6.17 Å². The second-order valence-electron chi connectivity index (χ2n) is 2.41. The molecule has 0 spiro atoms. The molecule has 0 fully saturated rings. The SMILES string of the molecule is Cl.Cl.NC(N)=NC(N)c1ccccc1. The molecule has 0 heterocycles. The summed E-state index contributed by atoms with van der Waals surface area (Å²) in [6, 6.07) is 9.43. The molecular weight excluding hydrogens is 223 g/mol. The third kappa shape index (κ3) is 4.91. The summed E-state index contributed by atoms with van der Waals surface area (Å²) in [4.78, 5) is 3.80. The Kier molecular flexibility index (Phi) is 8.23. The molecule has 0 saturated heterocycles. The lowest BCUT2D eigenvalue weighted by Gasteiger charge is -2.05. The highest BCUT2D eigenvalue weighted by Crippen LogP contribution is 2.09. The van der Waals surface area contributed by atoms with Crippen molar-refractivity contribution < 1.29 is 0 Å². The largest absolute Gasteiger partial charge is 0.370 e. The van der Waals surface area contributed by atoms with Crippen LogP contribution in [0.1, 0.15) is 11.7 Å². The zero-order chi connectivity index (χ0) is 8.97. The van der Waals surface area contributed by atoms with Crippen LogP contribution in [0.15, 0.2) is 35.3 Å². The first-order valence-electron chi connectivity index (χ1n) is 3.59. The van der Waals surface area contributed by atoms with Gasteiger partial charge in [0.2, 0.25) is 0 Å². The number of aliphatic imine (C=N–C) groups is 1. The van der Waals surface area contributed by atoms with Crippen LogP contribution in [0.5, 0.6) is 0 Å². The lowest BCUT2D eigenvalue weighted by molar-refractivity contribution is 0.772. The summed E-state index contributed by atoms with van der Waals surface area (Å²) in [7, 11) is 0. The van der Waals surface area contributed by atoms with Gasteiger partial charge in [-0.2, -0.15) is 0 Å². The van der Waals surface area contributed by atoms with Crippen molar-refractivity contribution >= 4 is 30.8 Å². The standard InChI is InChI=1S/C8H12N4.2ClH/c9-7(12-8(10)11)6-4-2-1-3-5-6;;/h1-5,7H,9H2,(H4,10,11,12);2*1H. The second kappa shape index (κ2) is 7.44. The van der Waals surface area contributed by atoms with Gasteiger partial charge in [0.05, 0.1) is 0 Å². The molecule has 6 N–H and O–H groups in total. The predicted octanol–water partition coefficient (Wildman–Crippen LogP) is 0.761. The first kappa shape index (κ1) is 15.5. The number of nitrogens with zero attached hydrogens (tertiary/aromatic N) is 1. The van der Waals surface area contributed by atoms with Crippen molar-refractivity contribution in [2.45, 2.75) is 6.17 Å². The van der Waals surface area contributed by atoms with E-state index in [4.69, 9.17) is 17.2 Å². The Balaban J connectivity index is 0. The minimum absolute atomic E-state index is 0. The van der Waals surface area contributed by atoms with Crippen molar-refractivity contribution in [3.8, 4) is 0 Å². The van der Waals surface area contributed by atoms with Crippen LogP contribution in [0.25, 0.3) is 0 Å². The van der Waals surface area contributed by atoms with E-state index in [9.17, 15) is 0 Å². The van der Waals surface area contributed by atoms with E-state index in [0.717, 1.165) is 5.56 Å². The van der Waals surface area contributed by atoms with Crippen molar-refractivity contribution in [1.29, 1.82) is 0 Å². The molecule has 1 aromatic carbocycles. The molecule has 0 bridgehead atoms. The van der Waals surface area contributed by atoms with E-state index in [0.29, 0.717) is 0 Å². The van der Waals surface area contributed by atoms with Crippen LogP contribution in [0.4, 0.5) is 0 Å². The Morgan fingerprint density at radius 2 is 1.57 bits per heavy atom. The molecule has 0 aliphatic heterocycles. The Morgan fingerprint density at radius 3 is 2.00 bits per heavy atom. The van der Waals surface area contributed by atoms with Gasteiger partial charge in [0, 0.05) is 0 Å². The van der Waals surface area contributed by atoms with Gasteiger partial charge in [-0.25, -0.2) is 4.99 Å². The van der Waals surface area contributed by atoms with E-state index in [1.807, 2.05) is 30.3 Å². The van der Waals surface area contributed by atoms with Gasteiger partial charge in [0.15, 0.2) is 5.96 Å². The van der Waals surface area contributed by atoms with E-state index in [2.05, 4.69) is 4.99 Å². The van der Waals surface area contributed by atoms with Crippen LogP contribution >= 0.6 is 24.8 Å². The Labute approximate surface area is 95.4 Å². The monoisotopic (exact) mass is 236 g/mol. The van der Waals surface area contributed by atoms with Gasteiger partial charge < -0.3 is 17.2 Å². The molecule has 6 heteroatoms. The molecule has 1 aromatic rings. The first-order chi connectivity index (χ1) is 5.70. The van der Waals surface area contributed by atoms with Crippen LogP contribution in [0, 0.1) is 0 Å². The van der Waals surface area contributed by atoms with E-state index >= 15 is 0 Å². The van der Waals surface area contributed by atoms with Gasteiger partial charge in [-0.1, -0.05) is 30.3 Å². The van der Waals surface area contributed by atoms with Gasteiger partial charge in [-0.05, 0) is 5.56 Å². The summed E-state index contributed by atoms with van der Waals surface area (Å²) in [5, 5.41) is 0. The third-order valence-electron chi connectivity index (χ3n) is 1.43. The average Bonchev–Trinajstić information content (AvgIpc) is 2.05. The molecule has 1 atom stereocenters. The molecule has 0 saturated carbocycles. The van der Waals surface area contributed by atoms with Crippen molar-refractivity contribution in [1.82, 2.24) is 0 Å². The molecular formula is C8H14Cl2N4. The maximum absolute atomic E-state index is 5.65. The average molecular weight is 237 g/mol. The summed E-state index contributed by atoms with van der Waals surface area (Å²) in [5.41, 5.74) is 16.9. The van der Waals surface area contributed by atoms with Gasteiger partial charge in [0.1, 0.15) is 6.17 Å². The molecule has 80 valence electrons. The number of hydrogen-bond acceptors (Lipinski definition) is 2. The summed E-state index contributed by atoms with van der Waals surface area (Å²) in [6.45, 7) is 0. The zero-order valence-electron chi connectivity index (χ0n) is 7.46. The van der Waals surface area contributed by atoms with Crippen LogP contribution in [0.2, 0.25) is 0 Å². The third-order valence-corrected chi connectivity index (χ3v) is 1.43. The Hall–Kier alpha value is -0.970. The minimum Gasteiger partial charge on any atom is -0.370 e. The highest BCUT2D eigenvalue weighted by molar-refractivity contribution is 5.85. The highest BCUT2D eigenvalue weighted by atomic mass is 35.5. The lowest BCUT2D eigenvalue weighted by atomic mass is 10.2. The lowest BCUT2D eigenvalue weighted by Crippen LogP contribution is -2.25. The number of nitrogens with two attached hydrogens (primary N) is 3. The molecule has 14 heavy (non-hydrogen) atoms. The summed E-state index contributed by atoms with van der Waals surface area (Å²) in [6.07, 6.45) is -0.462. The molecule has 0 aliphatic rings. The topological polar surface area (TPSA) is 90.4 Å². The van der Waals surface area contributed by atoms with Gasteiger partial charge in [-0.3, -0.25) is 0 Å². The molecule has 0 aliphatic carbocycles. The first-order valence-corrected chi connectivity index (χ1v) is 3.59. The number of benzene rings is 1. The number of guanidine groups is 1. The molecule has 0 aromatic heterocycles. The summed E-state index contributed by atoms with van der Waals surface area (Å²) in [5.74, 6) is 0.00588. The molecule has 1 unspecified atom stereocenters. The van der Waals surface area contributed by atoms with Gasteiger partial charge in [-0.15, -0.1) is 24.8 Å². The molecule has 0 radical (unpaired) electrons. The molecule has 4 nitrogen and oxygen atoms in total. The second-order valence-corrected chi connectivity index (χ2v) is 2.41. The fraction of sp³-hybridized carbons (Fsp3) is 0.125. The van der Waals surface area contributed by atoms with E-state index in [-0.39, 0.29) is 30.8 Å². The normalized spacial score (nSPS) is 10.4. The van der Waals surface area contributed by atoms with Crippen LogP contribution in [-0.4, -0.2) is 5.96 Å². The van der Waals surface area contributed by atoms with Crippen LogP contribution in [0.3, 0.4) is 0 Å². The molecule has 0 amide bonds. The summed E-state index contributed by atoms with van der Waals surface area (Å²) >= 11 is 0. The fourth-order valence-corrected chi connectivity index (χ4v) is 0.885. The van der Waals surface area contributed by atoms with E-state index in [1.165, 1.54) is 0 Å². The van der Waals surface area contributed by atoms with Gasteiger partial charge in [0.25, 0.3) is 0 Å². The number of halogens is 2. The predicted molar refractivity (Wildman–Crippen MR) is 63.7 cm³/mol. The van der Waals surface area contributed by atoms with Crippen molar-refractivity contribution in [2.75, 3.05) is 0 Å². The highest BCUT2D eigenvalue weighted by Gasteiger charge is 2.01. The van der Waals surface area contributed by atoms with Crippen molar-refractivity contribution in [3.05, 3.63) is 35.9 Å². The minimum atomic E-state index is -0.462. The smallest absolute Gasteiger partial charge is 0.187 e. The van der Waals surface area contributed by atoms with Crippen molar-refractivity contribution in [3.63, 3.8) is 0 Å². The summed E-state index contributed by atoms with van der Waals surface area (Å²) < 4.78 is 0. The molecule has 1 rings (SSSR count). The van der Waals surface area contributed by atoms with Gasteiger partial charge >= 0.3 is 0 Å². The van der Waals surface area contributed by atoms with Crippen LogP contribution < -0.4 is 17.2 Å². The quantitative estimate of drug-likeness (QED) is 0.524. The zero-order valence-corrected chi connectivity index (χ0v) is 9.09. The number of hydrogen-bond donors (Lipinski definition) is 3. The fourth-order valence-electron chi connectivity index (χ4n) is 0.885. The van der Waals surface area contributed by atoms with Crippen LogP contribution in [-0.2, 0) is 0 Å². The maximum Gasteiger partial charge on any atom is 0.187 e. The Bertz CT molecular complexity index is 272. The van der Waals surface area contributed by atoms with E-state index in [1.54, 1.807) is 0 Å². The van der Waals surface area contributed by atoms with Crippen molar-refractivity contribution in [2.24, 2.45) is 22.2 Å². The Morgan fingerprint density at radius 1 is 1.07 bits per heavy atom. The maximum atomic E-state index is 5.65.